The van der Waals surface area contributed by atoms with E-state index >= 15 is 0 Å². The van der Waals surface area contributed by atoms with E-state index in [1.165, 1.54) is 11.3 Å². The summed E-state index contributed by atoms with van der Waals surface area (Å²) in [5.41, 5.74) is 0.838. The number of carbonyl (C=O) groups is 1. The summed E-state index contributed by atoms with van der Waals surface area (Å²) in [6, 6.07) is 11.9. The number of hydrogen-bond acceptors (Lipinski definition) is 5. The van der Waals surface area contributed by atoms with Crippen molar-refractivity contribution in [2.45, 2.75) is 17.7 Å². The van der Waals surface area contributed by atoms with E-state index in [2.05, 4.69) is 5.10 Å². The molecule has 0 radical (unpaired) electrons. The van der Waals surface area contributed by atoms with Crippen molar-refractivity contribution in [3.8, 4) is 0 Å². The van der Waals surface area contributed by atoms with Crippen molar-refractivity contribution in [1.29, 1.82) is 0 Å². The Balaban J connectivity index is 2.03. The van der Waals surface area contributed by atoms with Gasteiger partial charge in [0.25, 0.3) is 5.91 Å². The van der Waals surface area contributed by atoms with Gasteiger partial charge < -0.3 is 4.42 Å². The second-order valence-corrected chi connectivity index (χ2v) is 6.03. The number of alkyl halides is 1. The van der Waals surface area contributed by atoms with Crippen LogP contribution in [-0.2, 0) is 4.79 Å². The molecular formula is C16H14ClN3O4. The quantitative estimate of drug-likeness (QED) is 0.472. The molecule has 0 spiro atoms. The van der Waals surface area contributed by atoms with Gasteiger partial charge in [-0.1, -0.05) is 18.2 Å². The Morgan fingerprint density at radius 1 is 1.33 bits per heavy atom. The van der Waals surface area contributed by atoms with E-state index in [0.29, 0.717) is 11.4 Å². The highest BCUT2D eigenvalue weighted by Gasteiger charge is 2.57. The van der Waals surface area contributed by atoms with Gasteiger partial charge in [-0.05, 0) is 31.2 Å². The van der Waals surface area contributed by atoms with Gasteiger partial charge >= 0.3 is 0 Å². The smallest absolute Gasteiger partial charge is 0.275 e. The van der Waals surface area contributed by atoms with Gasteiger partial charge in [-0.2, -0.15) is 10.1 Å². The Morgan fingerprint density at radius 3 is 2.62 bits per heavy atom. The monoisotopic (exact) mass is 347 g/mol. The van der Waals surface area contributed by atoms with Crippen LogP contribution in [0.2, 0.25) is 0 Å². The van der Waals surface area contributed by atoms with Gasteiger partial charge in [0.15, 0.2) is 4.87 Å². The molecule has 1 amide bonds. The molecule has 0 saturated carbocycles. The number of anilines is 1. The van der Waals surface area contributed by atoms with E-state index in [1.54, 1.807) is 43.3 Å². The van der Waals surface area contributed by atoms with Gasteiger partial charge in [-0.3, -0.25) is 14.9 Å². The topological polar surface area (TPSA) is 89.0 Å². The van der Waals surface area contributed by atoms with Crippen molar-refractivity contribution in [2.75, 3.05) is 11.6 Å². The normalized spacial score (nSPS) is 21.7. The Bertz CT molecular complexity index is 791. The minimum atomic E-state index is -1.67. The van der Waals surface area contributed by atoms with Crippen LogP contribution in [0.5, 0.6) is 0 Å². The summed E-state index contributed by atoms with van der Waals surface area (Å²) in [6.07, 6.45) is 1.39. The van der Waals surface area contributed by atoms with Gasteiger partial charge in [0.2, 0.25) is 6.54 Å². The Labute approximate surface area is 142 Å². The Kier molecular flexibility index (Phi) is 4.11. The third-order valence-corrected chi connectivity index (χ3v) is 4.68. The van der Waals surface area contributed by atoms with Crippen LogP contribution >= 0.6 is 11.6 Å². The fraction of sp³-hybridized carbons (Fsp3) is 0.250. The number of carbonyl (C=O) groups excluding carboxylic acids is 1. The lowest BCUT2D eigenvalue weighted by Crippen LogP contribution is -2.48. The van der Waals surface area contributed by atoms with Crippen molar-refractivity contribution >= 4 is 28.9 Å². The van der Waals surface area contributed by atoms with Crippen LogP contribution in [0.4, 0.5) is 5.69 Å². The molecule has 0 N–H and O–H groups in total. The van der Waals surface area contributed by atoms with Crippen molar-refractivity contribution < 1.29 is 14.1 Å². The zero-order valence-corrected chi connectivity index (χ0v) is 13.5. The van der Waals surface area contributed by atoms with E-state index in [0.717, 1.165) is 0 Å². The number of nitrogens with zero attached hydrogens (tertiary/aromatic N) is 3. The fourth-order valence-corrected chi connectivity index (χ4v) is 3.07. The zero-order valence-electron chi connectivity index (χ0n) is 12.8. The molecule has 0 aliphatic carbocycles. The standard InChI is InChI=1S/C16H14ClN3O4/c1-11-16(17,13(10-19(22)23)14-8-5-9-24-14)15(21)20(18-11)12-6-3-2-4-7-12/h2-9,13H,10H2,1H3. The van der Waals surface area contributed by atoms with Gasteiger partial charge in [-0.25, -0.2) is 0 Å². The zero-order chi connectivity index (χ0) is 17.3. The van der Waals surface area contributed by atoms with Gasteiger partial charge in [0, 0.05) is 4.92 Å². The lowest BCUT2D eigenvalue weighted by atomic mass is 9.85. The largest absolute Gasteiger partial charge is 0.469 e. The lowest BCUT2D eigenvalue weighted by molar-refractivity contribution is -0.484. The first-order valence-corrected chi connectivity index (χ1v) is 7.61. The second kappa shape index (κ2) is 6.09. The molecule has 1 aliphatic rings. The number of hydrogen-bond donors (Lipinski definition) is 0. The molecule has 0 fully saturated rings. The molecule has 124 valence electrons. The highest BCUT2D eigenvalue weighted by atomic mass is 35.5. The fourth-order valence-electron chi connectivity index (χ4n) is 2.77. The first-order chi connectivity index (χ1) is 11.4. The van der Waals surface area contributed by atoms with Crippen LogP contribution in [-0.4, -0.2) is 28.0 Å². The molecule has 1 aliphatic heterocycles. The summed E-state index contributed by atoms with van der Waals surface area (Å²) in [7, 11) is 0. The maximum Gasteiger partial charge on any atom is 0.275 e. The van der Waals surface area contributed by atoms with E-state index in [-0.39, 0.29) is 5.76 Å². The van der Waals surface area contributed by atoms with Gasteiger partial charge in [0.1, 0.15) is 11.7 Å². The summed E-state index contributed by atoms with van der Waals surface area (Å²) in [5, 5.41) is 16.5. The van der Waals surface area contributed by atoms with Crippen molar-refractivity contribution in [3.05, 3.63) is 64.6 Å². The number of benzene rings is 1. The molecule has 2 unspecified atom stereocenters. The van der Waals surface area contributed by atoms with Crippen LogP contribution in [0.3, 0.4) is 0 Å². The third kappa shape index (κ3) is 2.56. The van der Waals surface area contributed by atoms with E-state index in [9.17, 15) is 14.9 Å². The van der Waals surface area contributed by atoms with Crippen LogP contribution in [0.1, 0.15) is 18.6 Å². The summed E-state index contributed by atoms with van der Waals surface area (Å²) >= 11 is 6.63. The molecule has 0 bridgehead atoms. The SMILES string of the molecule is CC1=NN(c2ccccc2)C(=O)C1(Cl)C(C[N+](=O)[O-])c1ccco1. The average Bonchev–Trinajstić information content (AvgIpc) is 3.17. The minimum Gasteiger partial charge on any atom is -0.469 e. The number of para-hydroxylation sites is 1. The molecule has 1 aromatic heterocycles. The second-order valence-electron chi connectivity index (χ2n) is 5.43. The Morgan fingerprint density at radius 2 is 2.04 bits per heavy atom. The number of furan rings is 1. The predicted molar refractivity (Wildman–Crippen MR) is 88.9 cm³/mol. The van der Waals surface area contributed by atoms with Crippen molar-refractivity contribution in [3.63, 3.8) is 0 Å². The molecule has 24 heavy (non-hydrogen) atoms. The van der Waals surface area contributed by atoms with Gasteiger partial charge in [0.05, 0.1) is 17.7 Å². The van der Waals surface area contributed by atoms with E-state index < -0.39 is 28.2 Å². The molecule has 8 heteroatoms. The van der Waals surface area contributed by atoms with E-state index in [4.69, 9.17) is 16.0 Å². The summed E-state index contributed by atoms with van der Waals surface area (Å²) in [4.78, 5) is 21.9. The molecular weight excluding hydrogens is 334 g/mol. The summed E-state index contributed by atoms with van der Waals surface area (Å²) in [5.74, 6) is -1.22. The maximum atomic E-state index is 13.0. The number of amides is 1. The highest BCUT2D eigenvalue weighted by molar-refractivity contribution is 6.51. The number of rotatable bonds is 5. The molecule has 7 nitrogen and oxygen atoms in total. The summed E-state index contributed by atoms with van der Waals surface area (Å²) in [6.45, 7) is 1.04. The number of halogens is 1. The maximum absolute atomic E-state index is 13.0. The minimum absolute atomic E-state index is 0.277. The average molecular weight is 348 g/mol. The number of hydrazone groups is 1. The number of nitro groups is 1. The van der Waals surface area contributed by atoms with Crippen LogP contribution < -0.4 is 5.01 Å². The van der Waals surface area contributed by atoms with Gasteiger partial charge in [-0.15, -0.1) is 11.6 Å². The van der Waals surface area contributed by atoms with Crippen molar-refractivity contribution in [1.82, 2.24) is 0 Å². The molecule has 2 heterocycles. The highest BCUT2D eigenvalue weighted by Crippen LogP contribution is 2.42. The van der Waals surface area contributed by atoms with Crippen LogP contribution in [0.15, 0.2) is 58.2 Å². The molecule has 2 atom stereocenters. The first kappa shape index (κ1) is 16.2. The van der Waals surface area contributed by atoms with Crippen LogP contribution in [0, 0.1) is 10.1 Å². The van der Waals surface area contributed by atoms with E-state index in [1.807, 2.05) is 6.07 Å². The van der Waals surface area contributed by atoms with Crippen LogP contribution in [0.25, 0.3) is 0 Å². The predicted octanol–water partition coefficient (Wildman–Crippen LogP) is 3.04. The first-order valence-electron chi connectivity index (χ1n) is 7.24. The van der Waals surface area contributed by atoms with Crippen molar-refractivity contribution in [2.24, 2.45) is 5.10 Å². The third-order valence-electron chi connectivity index (χ3n) is 3.98. The molecule has 1 aromatic carbocycles. The lowest BCUT2D eigenvalue weighted by Gasteiger charge is -2.26. The molecule has 0 saturated heterocycles. The summed E-state index contributed by atoms with van der Waals surface area (Å²) < 4.78 is 5.30. The Hall–Kier alpha value is -2.67. The molecule has 3 rings (SSSR count). The molecule has 2 aromatic rings.